The Balaban J connectivity index is 1.91. The van der Waals surface area contributed by atoms with Gasteiger partial charge < -0.3 is 9.30 Å². The third-order valence-corrected chi connectivity index (χ3v) is 5.11. The van der Waals surface area contributed by atoms with Gasteiger partial charge >= 0.3 is 5.97 Å². The largest absolute Gasteiger partial charge is 0.459 e. The number of aromatic nitrogens is 5. The third-order valence-electron chi connectivity index (χ3n) is 5.11. The maximum absolute atomic E-state index is 12.6. The number of benzene rings is 1. The Morgan fingerprint density at radius 3 is 2.34 bits per heavy atom. The summed E-state index contributed by atoms with van der Waals surface area (Å²) in [7, 11) is 0. The van der Waals surface area contributed by atoms with E-state index < -0.39 is 11.6 Å². The Kier molecular flexibility index (Phi) is 6.43. The minimum Gasteiger partial charge on any atom is -0.459 e. The smallest absolute Gasteiger partial charge is 0.326 e. The highest BCUT2D eigenvalue weighted by Gasteiger charge is 2.20. The van der Waals surface area contributed by atoms with Gasteiger partial charge in [-0.25, -0.2) is 19.9 Å². The molecule has 4 rings (SSSR count). The lowest BCUT2D eigenvalue weighted by atomic mass is 9.98. The molecule has 8 heteroatoms. The first-order valence-corrected chi connectivity index (χ1v) is 11.1. The van der Waals surface area contributed by atoms with Gasteiger partial charge in [0, 0.05) is 64.1 Å². The molecular formula is C27H25N5O3. The van der Waals surface area contributed by atoms with Crippen LogP contribution in [0.1, 0.15) is 55.0 Å². The van der Waals surface area contributed by atoms with E-state index >= 15 is 0 Å². The van der Waals surface area contributed by atoms with Crippen molar-refractivity contribution >= 4 is 22.7 Å². The van der Waals surface area contributed by atoms with Crippen LogP contribution in [0, 0.1) is 18.8 Å². The van der Waals surface area contributed by atoms with Crippen molar-refractivity contribution in [2.45, 2.75) is 46.8 Å². The van der Waals surface area contributed by atoms with Gasteiger partial charge in [0.15, 0.2) is 5.78 Å². The molecule has 0 aliphatic carbocycles. The number of fused-ring (bicyclic) bond motifs is 1. The first-order chi connectivity index (χ1) is 16.6. The molecule has 3 aromatic heterocycles. The zero-order valence-electron chi connectivity index (χ0n) is 20.3. The van der Waals surface area contributed by atoms with E-state index in [1.807, 2.05) is 39.8 Å². The molecule has 0 aliphatic heterocycles. The second-order valence-corrected chi connectivity index (χ2v) is 9.12. The van der Waals surface area contributed by atoms with Crippen LogP contribution in [-0.4, -0.2) is 41.9 Å². The highest BCUT2D eigenvalue weighted by molar-refractivity contribution is 6.08. The Labute approximate surface area is 203 Å². The molecule has 35 heavy (non-hydrogen) atoms. The zero-order chi connectivity index (χ0) is 25.2. The van der Waals surface area contributed by atoms with Crippen molar-refractivity contribution in [2.75, 3.05) is 0 Å². The highest BCUT2D eigenvalue weighted by atomic mass is 16.6. The summed E-state index contributed by atoms with van der Waals surface area (Å²) in [5, 5.41) is 0.700. The number of Topliss-reactive ketones (excluding diaryl/α,β-unsaturated/α-hetero) is 1. The molecule has 0 saturated heterocycles. The Bertz CT molecular complexity index is 1470. The molecule has 0 amide bonds. The van der Waals surface area contributed by atoms with Crippen LogP contribution >= 0.6 is 0 Å². The number of hydrogen-bond acceptors (Lipinski definition) is 7. The lowest BCUT2D eigenvalue weighted by Gasteiger charge is -2.19. The molecule has 176 valence electrons. The number of rotatable bonds is 4. The minimum absolute atomic E-state index is 0.0305. The van der Waals surface area contributed by atoms with Crippen molar-refractivity contribution in [3.8, 4) is 23.0 Å². The van der Waals surface area contributed by atoms with E-state index in [0.29, 0.717) is 33.4 Å². The van der Waals surface area contributed by atoms with Crippen LogP contribution in [0.15, 0.2) is 49.4 Å². The molecular weight excluding hydrogens is 442 g/mol. The van der Waals surface area contributed by atoms with E-state index in [4.69, 9.17) is 4.74 Å². The Morgan fingerprint density at radius 2 is 1.71 bits per heavy atom. The summed E-state index contributed by atoms with van der Waals surface area (Å²) in [5.41, 5.74) is 3.49. The van der Waals surface area contributed by atoms with Crippen molar-refractivity contribution in [1.82, 2.24) is 24.5 Å². The number of aryl methyl sites for hydroxylation is 1. The van der Waals surface area contributed by atoms with E-state index in [2.05, 4.69) is 31.8 Å². The van der Waals surface area contributed by atoms with Crippen molar-refractivity contribution in [2.24, 2.45) is 0 Å². The fourth-order valence-electron chi connectivity index (χ4n) is 3.64. The van der Waals surface area contributed by atoms with Gasteiger partial charge in [-0.15, -0.1) is 0 Å². The molecule has 0 unspecified atom stereocenters. The van der Waals surface area contributed by atoms with Gasteiger partial charge in [0.05, 0.1) is 5.56 Å². The molecule has 0 spiro atoms. The fourth-order valence-corrected chi connectivity index (χ4v) is 3.64. The molecule has 0 saturated carbocycles. The second kappa shape index (κ2) is 9.47. The molecule has 4 aromatic rings. The van der Waals surface area contributed by atoms with Gasteiger partial charge in [-0.3, -0.25) is 9.59 Å². The van der Waals surface area contributed by atoms with E-state index in [-0.39, 0.29) is 12.3 Å². The summed E-state index contributed by atoms with van der Waals surface area (Å²) >= 11 is 0. The Morgan fingerprint density at radius 1 is 1.03 bits per heavy atom. The topological polar surface area (TPSA) is 99.9 Å². The molecule has 8 nitrogen and oxygen atoms in total. The predicted octanol–water partition coefficient (Wildman–Crippen LogP) is 4.14. The van der Waals surface area contributed by atoms with Crippen molar-refractivity contribution < 1.29 is 14.3 Å². The van der Waals surface area contributed by atoms with Crippen LogP contribution in [0.3, 0.4) is 0 Å². The molecule has 1 aromatic carbocycles. The Hall–Kier alpha value is -4.38. The van der Waals surface area contributed by atoms with Crippen LogP contribution in [-0.2, 0) is 16.1 Å². The van der Waals surface area contributed by atoms with Gasteiger partial charge in [-0.2, -0.15) is 0 Å². The normalized spacial score (nSPS) is 11.1. The zero-order valence-corrected chi connectivity index (χ0v) is 20.3. The standard InChI is InChI=1S/C27H25N5O3/c1-17(33)24-14-32(15-26(34)35-27(3,4)5)25-9-22(21-12-30-18(2)31-13-21)20(8-23(24)25)7-6-19-10-28-16-29-11-19/h8-14,16H,15H2,1-5H3. The van der Waals surface area contributed by atoms with E-state index in [1.165, 1.54) is 13.3 Å². The summed E-state index contributed by atoms with van der Waals surface area (Å²) in [5.74, 6) is 6.41. The lowest BCUT2D eigenvalue weighted by Crippen LogP contribution is -2.26. The fraction of sp³-hybridized carbons (Fsp3) is 0.259. The van der Waals surface area contributed by atoms with Crippen molar-refractivity contribution in [1.29, 1.82) is 0 Å². The maximum Gasteiger partial charge on any atom is 0.326 e. The summed E-state index contributed by atoms with van der Waals surface area (Å²) in [6.07, 6.45) is 9.85. The van der Waals surface area contributed by atoms with Crippen molar-refractivity contribution in [3.05, 3.63) is 72.0 Å². The van der Waals surface area contributed by atoms with Crippen LogP contribution in [0.5, 0.6) is 0 Å². The van der Waals surface area contributed by atoms with E-state index in [1.54, 1.807) is 35.6 Å². The molecule has 0 bridgehead atoms. The van der Waals surface area contributed by atoms with Crippen LogP contribution in [0.4, 0.5) is 0 Å². The van der Waals surface area contributed by atoms with Crippen LogP contribution in [0.25, 0.3) is 22.0 Å². The maximum atomic E-state index is 12.6. The quantitative estimate of drug-likeness (QED) is 0.253. The lowest BCUT2D eigenvalue weighted by molar-refractivity contribution is -0.155. The first-order valence-electron chi connectivity index (χ1n) is 11.1. The molecule has 0 aliphatic rings. The van der Waals surface area contributed by atoms with Gasteiger partial charge in [0.2, 0.25) is 0 Å². The number of carbonyl (C=O) groups is 2. The predicted molar refractivity (Wildman–Crippen MR) is 132 cm³/mol. The molecule has 0 N–H and O–H groups in total. The summed E-state index contributed by atoms with van der Waals surface area (Å²) < 4.78 is 7.24. The van der Waals surface area contributed by atoms with Gasteiger partial charge in [0.1, 0.15) is 24.3 Å². The van der Waals surface area contributed by atoms with Crippen LogP contribution in [0.2, 0.25) is 0 Å². The number of nitrogens with zero attached hydrogens (tertiary/aromatic N) is 5. The number of ether oxygens (including phenoxy) is 1. The molecule has 3 heterocycles. The van der Waals surface area contributed by atoms with E-state index in [9.17, 15) is 9.59 Å². The van der Waals surface area contributed by atoms with Crippen molar-refractivity contribution in [3.63, 3.8) is 0 Å². The summed E-state index contributed by atoms with van der Waals surface area (Å²) in [6.45, 7) is 8.74. The molecule has 0 fully saturated rings. The molecule has 0 atom stereocenters. The summed E-state index contributed by atoms with van der Waals surface area (Å²) in [4.78, 5) is 41.7. The van der Waals surface area contributed by atoms with Gasteiger partial charge in [-0.1, -0.05) is 11.8 Å². The summed E-state index contributed by atoms with van der Waals surface area (Å²) in [6, 6.07) is 3.77. The van der Waals surface area contributed by atoms with E-state index in [0.717, 1.165) is 11.1 Å². The second-order valence-electron chi connectivity index (χ2n) is 9.12. The minimum atomic E-state index is -0.613. The van der Waals surface area contributed by atoms with Gasteiger partial charge in [0.25, 0.3) is 0 Å². The highest BCUT2D eigenvalue weighted by Crippen LogP contribution is 2.31. The first kappa shape index (κ1) is 23.8. The number of hydrogen-bond donors (Lipinski definition) is 0. The molecule has 0 radical (unpaired) electrons. The average Bonchev–Trinajstić information content (AvgIpc) is 3.14. The number of esters is 1. The number of carbonyl (C=O) groups excluding carboxylic acids is 2. The average molecular weight is 468 g/mol. The SMILES string of the molecule is CC(=O)c1cn(CC(=O)OC(C)(C)C)c2cc(-c3cnc(C)nc3)c(C#Cc3cncnc3)cc12. The third kappa shape index (κ3) is 5.58. The monoisotopic (exact) mass is 467 g/mol. The van der Waals surface area contributed by atoms with Crippen LogP contribution < -0.4 is 0 Å². The number of ketones is 1. The van der Waals surface area contributed by atoms with Gasteiger partial charge in [-0.05, 0) is 46.8 Å².